The van der Waals surface area contributed by atoms with Crippen molar-refractivity contribution in [2.24, 2.45) is 5.73 Å². The monoisotopic (exact) mass is 426 g/mol. The van der Waals surface area contributed by atoms with Gasteiger partial charge in [0, 0.05) is 17.3 Å². The second-order valence-electron chi connectivity index (χ2n) is 6.33. The van der Waals surface area contributed by atoms with E-state index in [2.05, 4.69) is 5.10 Å². The molecule has 0 aromatic carbocycles. The van der Waals surface area contributed by atoms with Gasteiger partial charge in [0.2, 0.25) is 5.78 Å². The van der Waals surface area contributed by atoms with Gasteiger partial charge >= 0.3 is 5.97 Å². The zero-order chi connectivity index (χ0) is 21.1. The second kappa shape index (κ2) is 8.58. The summed E-state index contributed by atoms with van der Waals surface area (Å²) in [6, 6.07) is 1.31. The van der Waals surface area contributed by atoms with E-state index in [1.165, 1.54) is 17.7 Å². The molecule has 1 aliphatic heterocycles. The molecule has 1 saturated heterocycles. The van der Waals surface area contributed by atoms with Crippen molar-refractivity contribution in [3.63, 3.8) is 0 Å². The van der Waals surface area contributed by atoms with Gasteiger partial charge in [0.05, 0.1) is 23.2 Å². The molecule has 0 amide bonds. The molecule has 0 radical (unpaired) electrons. The van der Waals surface area contributed by atoms with Gasteiger partial charge in [-0.15, -0.1) is 0 Å². The lowest BCUT2D eigenvalue weighted by Gasteiger charge is -2.09. The van der Waals surface area contributed by atoms with E-state index in [9.17, 15) is 18.0 Å². The Morgan fingerprint density at radius 3 is 2.71 bits per heavy atom. The fraction of sp³-hybridized carbons (Fsp3) is 0.412. The molecule has 150 valence electrons. The fourth-order valence-electron chi connectivity index (χ4n) is 2.71. The number of hydrogen-bond acceptors (Lipinski definition) is 8. The Labute approximate surface area is 167 Å². The van der Waals surface area contributed by atoms with E-state index in [-0.39, 0.29) is 34.0 Å². The van der Waals surface area contributed by atoms with Gasteiger partial charge in [0.1, 0.15) is 16.8 Å². The quantitative estimate of drug-likeness (QED) is 0.404. The minimum atomic E-state index is -3.10. The van der Waals surface area contributed by atoms with Crippen LogP contribution in [0.15, 0.2) is 17.3 Å². The van der Waals surface area contributed by atoms with E-state index < -0.39 is 28.2 Å². The number of nitriles is 1. The molecule has 1 unspecified atom stereocenters. The Hall–Kier alpha value is -2.64. The number of carbonyl (C=O) groups excluding carboxylic acids is 2. The van der Waals surface area contributed by atoms with Crippen LogP contribution < -0.4 is 5.73 Å². The highest BCUT2D eigenvalue weighted by Crippen LogP contribution is 2.30. The number of rotatable bonds is 6. The van der Waals surface area contributed by atoms with Gasteiger partial charge in [-0.1, -0.05) is 11.6 Å². The van der Waals surface area contributed by atoms with Crippen LogP contribution in [0.2, 0.25) is 5.15 Å². The van der Waals surface area contributed by atoms with Crippen LogP contribution in [0.4, 0.5) is 0 Å². The zero-order valence-electron chi connectivity index (χ0n) is 15.3. The van der Waals surface area contributed by atoms with Gasteiger partial charge < -0.3 is 10.5 Å². The van der Waals surface area contributed by atoms with Crippen LogP contribution in [0.5, 0.6) is 0 Å². The number of halogens is 1. The SMILES string of the molecule is C/C(N)=C(\C#N)C(=O)COC(=O)/C=C/c1c(C)nn(C2CCS(=O)(=O)C2)c1Cl. The van der Waals surface area contributed by atoms with Crippen LogP contribution in [0.3, 0.4) is 0 Å². The van der Waals surface area contributed by atoms with E-state index in [1.807, 2.05) is 0 Å². The van der Waals surface area contributed by atoms with Crippen molar-refractivity contribution >= 4 is 39.3 Å². The smallest absolute Gasteiger partial charge is 0.331 e. The molecule has 1 aromatic heterocycles. The molecule has 1 atom stereocenters. The van der Waals surface area contributed by atoms with Gasteiger partial charge in [0.15, 0.2) is 16.4 Å². The first-order chi connectivity index (χ1) is 13.1. The number of allylic oxidation sites excluding steroid dienone is 1. The highest BCUT2D eigenvalue weighted by molar-refractivity contribution is 7.91. The van der Waals surface area contributed by atoms with E-state index in [4.69, 9.17) is 27.3 Å². The summed E-state index contributed by atoms with van der Waals surface area (Å²) >= 11 is 6.30. The molecule has 0 aliphatic carbocycles. The first-order valence-electron chi connectivity index (χ1n) is 8.25. The predicted octanol–water partition coefficient (Wildman–Crippen LogP) is 1.09. The van der Waals surface area contributed by atoms with Gasteiger partial charge in [-0.3, -0.25) is 4.79 Å². The maximum absolute atomic E-state index is 11.8. The van der Waals surface area contributed by atoms with Gasteiger partial charge in [-0.25, -0.2) is 17.9 Å². The number of carbonyl (C=O) groups is 2. The van der Waals surface area contributed by atoms with E-state index in [0.717, 1.165) is 6.08 Å². The number of aryl methyl sites for hydroxylation is 1. The third-order valence-electron chi connectivity index (χ3n) is 4.14. The Morgan fingerprint density at radius 1 is 1.50 bits per heavy atom. The molecule has 0 spiro atoms. The molecule has 9 nitrogen and oxygen atoms in total. The molecular formula is C17H19ClN4O5S. The molecule has 28 heavy (non-hydrogen) atoms. The first-order valence-corrected chi connectivity index (χ1v) is 10.4. The number of hydrogen-bond donors (Lipinski definition) is 1. The summed E-state index contributed by atoms with van der Waals surface area (Å²) in [5, 5.41) is 13.3. The van der Waals surface area contributed by atoms with Gasteiger partial charge in [-0.05, 0) is 26.3 Å². The molecule has 2 rings (SSSR count). The molecule has 1 fully saturated rings. The van der Waals surface area contributed by atoms with E-state index >= 15 is 0 Å². The number of ether oxygens (including phenoxy) is 1. The lowest BCUT2D eigenvalue weighted by atomic mass is 10.1. The Bertz CT molecular complexity index is 1010. The molecule has 2 heterocycles. The maximum atomic E-state index is 11.8. The number of nitrogens with two attached hydrogens (primary N) is 1. The summed E-state index contributed by atoms with van der Waals surface area (Å²) in [7, 11) is -3.10. The molecule has 0 bridgehead atoms. The van der Waals surface area contributed by atoms with Crippen LogP contribution in [-0.4, -0.2) is 48.1 Å². The topological polar surface area (TPSA) is 145 Å². The van der Waals surface area contributed by atoms with Crippen LogP contribution in [0.25, 0.3) is 6.08 Å². The fourth-order valence-corrected chi connectivity index (χ4v) is 4.78. The average Bonchev–Trinajstić information content (AvgIpc) is 3.10. The van der Waals surface area contributed by atoms with Crippen molar-refractivity contribution in [3.8, 4) is 6.07 Å². The van der Waals surface area contributed by atoms with Gasteiger partial charge in [-0.2, -0.15) is 10.4 Å². The lowest BCUT2D eigenvalue weighted by molar-refractivity contribution is -0.141. The number of sulfone groups is 1. The van der Waals surface area contributed by atoms with Crippen molar-refractivity contribution in [1.29, 1.82) is 5.26 Å². The van der Waals surface area contributed by atoms with Crippen molar-refractivity contribution in [1.82, 2.24) is 9.78 Å². The minimum Gasteiger partial charge on any atom is -0.454 e. The summed E-state index contributed by atoms with van der Waals surface area (Å²) in [5.41, 5.74) is 6.16. The van der Waals surface area contributed by atoms with Gasteiger partial charge in [0.25, 0.3) is 0 Å². The highest BCUT2D eigenvalue weighted by Gasteiger charge is 2.31. The molecule has 1 aromatic rings. The largest absolute Gasteiger partial charge is 0.454 e. The number of esters is 1. The summed E-state index contributed by atoms with van der Waals surface area (Å²) in [6.45, 7) is 2.46. The van der Waals surface area contributed by atoms with E-state index in [1.54, 1.807) is 13.0 Å². The summed E-state index contributed by atoms with van der Waals surface area (Å²) in [6.07, 6.45) is 2.88. The lowest BCUT2D eigenvalue weighted by Crippen LogP contribution is -2.16. The molecular weight excluding hydrogens is 408 g/mol. The number of aromatic nitrogens is 2. The van der Waals surface area contributed by atoms with Crippen molar-refractivity contribution in [2.75, 3.05) is 18.1 Å². The van der Waals surface area contributed by atoms with Crippen LogP contribution in [0.1, 0.15) is 30.6 Å². The standard InChI is InChI=1S/C17H19ClN4O5S/c1-10(20)14(7-19)15(23)8-27-16(24)4-3-13-11(2)21-22(17(13)18)12-5-6-28(25,26)9-12/h3-4,12H,5-6,8-9,20H2,1-2H3/b4-3+,14-10-. The first kappa shape index (κ1) is 21.7. The minimum absolute atomic E-state index is 0.0313. The Morgan fingerprint density at radius 2 is 2.18 bits per heavy atom. The van der Waals surface area contributed by atoms with E-state index in [0.29, 0.717) is 17.7 Å². The Balaban J connectivity index is 2.06. The molecule has 11 heteroatoms. The summed E-state index contributed by atoms with van der Waals surface area (Å²) < 4.78 is 29.6. The van der Waals surface area contributed by atoms with Crippen molar-refractivity contribution < 1.29 is 22.7 Å². The summed E-state index contributed by atoms with van der Waals surface area (Å²) in [5.74, 6) is -1.46. The van der Waals surface area contributed by atoms with Crippen LogP contribution >= 0.6 is 11.6 Å². The molecule has 0 saturated carbocycles. The number of ketones is 1. The van der Waals surface area contributed by atoms with Crippen LogP contribution in [0, 0.1) is 18.3 Å². The van der Waals surface area contributed by atoms with Crippen LogP contribution in [-0.2, 0) is 24.2 Å². The van der Waals surface area contributed by atoms with Crippen molar-refractivity contribution in [3.05, 3.63) is 33.8 Å². The molecule has 2 N–H and O–H groups in total. The normalized spacial score (nSPS) is 19.3. The third-order valence-corrected chi connectivity index (χ3v) is 6.27. The Kier molecular flexibility index (Phi) is 6.64. The van der Waals surface area contributed by atoms with Crippen molar-refractivity contribution in [2.45, 2.75) is 26.3 Å². The summed E-state index contributed by atoms with van der Waals surface area (Å²) in [4.78, 5) is 23.6. The third kappa shape index (κ3) is 4.99. The zero-order valence-corrected chi connectivity index (χ0v) is 16.9. The number of nitrogens with zero attached hydrogens (tertiary/aromatic N) is 3. The predicted molar refractivity (Wildman–Crippen MR) is 102 cm³/mol. The molecule has 1 aliphatic rings. The average molecular weight is 427 g/mol. The second-order valence-corrected chi connectivity index (χ2v) is 8.91. The maximum Gasteiger partial charge on any atom is 0.331 e. The number of Topliss-reactive ketones (excluding diaryl/α,β-unsaturated/α-hetero) is 1. The highest BCUT2D eigenvalue weighted by atomic mass is 35.5.